The Bertz CT molecular complexity index is 808. The highest BCUT2D eigenvalue weighted by molar-refractivity contribution is 5.96. The number of benzene rings is 2. The number of amides is 1. The number of ether oxygens (including phenoxy) is 4. The Balaban J connectivity index is 2.33. The Hall–Kier alpha value is -3.42. The lowest BCUT2D eigenvalue weighted by molar-refractivity contribution is -0.137. The quantitative estimate of drug-likeness (QED) is 0.679. The van der Waals surface area contributed by atoms with Gasteiger partial charge in [-0.2, -0.15) is 0 Å². The van der Waals surface area contributed by atoms with E-state index in [2.05, 4.69) is 5.32 Å². The van der Waals surface area contributed by atoms with Gasteiger partial charge in [0, 0.05) is 5.56 Å². The molecule has 8 nitrogen and oxygen atoms in total. The molecule has 2 aromatic carbocycles. The smallest absolute Gasteiger partial charge is 0.305 e. The summed E-state index contributed by atoms with van der Waals surface area (Å²) in [5.74, 6) is 0.136. The van der Waals surface area contributed by atoms with Crippen molar-refractivity contribution < 1.29 is 33.6 Å². The number of nitrogens with one attached hydrogen (secondary N) is 1. The van der Waals surface area contributed by atoms with Crippen molar-refractivity contribution in [2.45, 2.75) is 12.5 Å². The fraction of sp³-hybridized carbons (Fsp3) is 0.300. The van der Waals surface area contributed by atoms with Gasteiger partial charge in [0.1, 0.15) is 5.75 Å². The molecular formula is C20H23NO7. The molecule has 0 aliphatic heterocycles. The van der Waals surface area contributed by atoms with Crippen molar-refractivity contribution >= 4 is 11.9 Å². The monoisotopic (exact) mass is 389 g/mol. The molecule has 0 heterocycles. The summed E-state index contributed by atoms with van der Waals surface area (Å²) in [5.41, 5.74) is 0.891. The molecule has 0 spiro atoms. The molecule has 0 fully saturated rings. The normalized spacial score (nSPS) is 11.3. The summed E-state index contributed by atoms with van der Waals surface area (Å²) < 4.78 is 20.9. The van der Waals surface area contributed by atoms with E-state index < -0.39 is 17.9 Å². The molecule has 2 rings (SSSR count). The fourth-order valence-electron chi connectivity index (χ4n) is 2.72. The zero-order valence-electron chi connectivity index (χ0n) is 16.1. The van der Waals surface area contributed by atoms with E-state index >= 15 is 0 Å². The largest absolute Gasteiger partial charge is 0.497 e. The van der Waals surface area contributed by atoms with Crippen molar-refractivity contribution in [1.29, 1.82) is 0 Å². The van der Waals surface area contributed by atoms with Gasteiger partial charge in [-0.1, -0.05) is 12.1 Å². The summed E-state index contributed by atoms with van der Waals surface area (Å²) in [6, 6.07) is 9.11. The van der Waals surface area contributed by atoms with Crippen molar-refractivity contribution in [2.24, 2.45) is 0 Å². The number of carboxylic acids is 1. The average molecular weight is 389 g/mol. The predicted octanol–water partition coefficient (Wildman–Crippen LogP) is 2.67. The van der Waals surface area contributed by atoms with Gasteiger partial charge in [0.15, 0.2) is 11.5 Å². The maximum Gasteiger partial charge on any atom is 0.305 e. The highest BCUT2D eigenvalue weighted by Gasteiger charge is 2.22. The third kappa shape index (κ3) is 4.85. The first-order valence-corrected chi connectivity index (χ1v) is 8.40. The molecule has 0 aromatic heterocycles. The van der Waals surface area contributed by atoms with Crippen LogP contribution in [0.4, 0.5) is 0 Å². The number of hydrogen-bond donors (Lipinski definition) is 2. The molecule has 0 radical (unpaired) electrons. The number of methoxy groups -OCH3 is 4. The number of carbonyl (C=O) groups excluding carboxylic acids is 1. The van der Waals surface area contributed by atoms with Gasteiger partial charge < -0.3 is 29.4 Å². The van der Waals surface area contributed by atoms with E-state index in [9.17, 15) is 14.7 Å². The van der Waals surface area contributed by atoms with Gasteiger partial charge in [0.05, 0.1) is 40.9 Å². The Labute approximate surface area is 163 Å². The topological polar surface area (TPSA) is 103 Å². The van der Waals surface area contributed by atoms with Crippen LogP contribution in [0.3, 0.4) is 0 Å². The Morgan fingerprint density at radius 1 is 0.929 bits per heavy atom. The summed E-state index contributed by atoms with van der Waals surface area (Å²) >= 11 is 0. The molecule has 28 heavy (non-hydrogen) atoms. The van der Waals surface area contributed by atoms with Gasteiger partial charge in [-0.3, -0.25) is 9.59 Å². The minimum Gasteiger partial charge on any atom is -0.497 e. The summed E-state index contributed by atoms with van der Waals surface area (Å²) in [6.45, 7) is 0. The summed E-state index contributed by atoms with van der Waals surface area (Å²) in [4.78, 5) is 24.1. The highest BCUT2D eigenvalue weighted by Crippen LogP contribution is 2.38. The number of carbonyl (C=O) groups is 2. The Kier molecular flexibility index (Phi) is 7.08. The molecule has 0 saturated carbocycles. The molecule has 2 aromatic rings. The highest BCUT2D eigenvalue weighted by atomic mass is 16.5. The van der Waals surface area contributed by atoms with Gasteiger partial charge in [0.2, 0.25) is 5.75 Å². The van der Waals surface area contributed by atoms with Gasteiger partial charge in [0.25, 0.3) is 5.91 Å². The Morgan fingerprint density at radius 2 is 1.50 bits per heavy atom. The van der Waals surface area contributed by atoms with Crippen LogP contribution in [-0.2, 0) is 4.79 Å². The maximum atomic E-state index is 12.8. The average Bonchev–Trinajstić information content (AvgIpc) is 2.71. The standard InChI is InChI=1S/C20H23NO7/c1-25-14-7-5-12(6-8-14)15(11-18(22)23)21-20(24)13-9-16(26-2)19(28-4)17(10-13)27-3/h5-10,15H,11H2,1-4H3,(H,21,24)(H,22,23)/t15-/m0/s1. The first-order valence-electron chi connectivity index (χ1n) is 8.40. The molecule has 1 amide bonds. The zero-order chi connectivity index (χ0) is 20.7. The van der Waals surface area contributed by atoms with E-state index in [1.165, 1.54) is 40.6 Å². The molecule has 8 heteroatoms. The van der Waals surface area contributed by atoms with Crippen molar-refractivity contribution in [1.82, 2.24) is 5.32 Å². The van der Waals surface area contributed by atoms with Gasteiger partial charge in [-0.25, -0.2) is 0 Å². The summed E-state index contributed by atoms with van der Waals surface area (Å²) in [6.07, 6.45) is -0.275. The van der Waals surface area contributed by atoms with Crippen LogP contribution in [0.15, 0.2) is 36.4 Å². The number of carboxylic acid groups (broad SMARTS) is 1. The van der Waals surface area contributed by atoms with E-state index in [0.717, 1.165) is 0 Å². The third-order valence-corrected chi connectivity index (χ3v) is 4.13. The number of hydrogen-bond acceptors (Lipinski definition) is 6. The first-order chi connectivity index (χ1) is 13.4. The predicted molar refractivity (Wildman–Crippen MR) is 102 cm³/mol. The molecule has 2 N–H and O–H groups in total. The van der Waals surface area contributed by atoms with Crippen molar-refractivity contribution in [2.75, 3.05) is 28.4 Å². The van der Waals surface area contributed by atoms with Crippen LogP contribution in [0, 0.1) is 0 Å². The second-order valence-electron chi connectivity index (χ2n) is 5.81. The van der Waals surface area contributed by atoms with Crippen molar-refractivity contribution in [3.05, 3.63) is 47.5 Å². The van der Waals surface area contributed by atoms with Crippen LogP contribution in [0.5, 0.6) is 23.0 Å². The summed E-state index contributed by atoms with van der Waals surface area (Å²) in [7, 11) is 5.90. The molecule has 150 valence electrons. The lowest BCUT2D eigenvalue weighted by Gasteiger charge is -2.19. The van der Waals surface area contributed by atoms with Crippen molar-refractivity contribution in [3.8, 4) is 23.0 Å². The third-order valence-electron chi connectivity index (χ3n) is 4.13. The minimum absolute atomic E-state index is 0.249. The fourth-order valence-corrected chi connectivity index (χ4v) is 2.72. The van der Waals surface area contributed by atoms with Gasteiger partial charge in [-0.05, 0) is 29.8 Å². The van der Waals surface area contributed by atoms with E-state index in [0.29, 0.717) is 28.6 Å². The van der Waals surface area contributed by atoms with Gasteiger partial charge >= 0.3 is 5.97 Å². The van der Waals surface area contributed by atoms with Crippen LogP contribution >= 0.6 is 0 Å². The lowest BCUT2D eigenvalue weighted by Crippen LogP contribution is -2.30. The zero-order valence-corrected chi connectivity index (χ0v) is 16.1. The van der Waals surface area contributed by atoms with Crippen LogP contribution in [0.1, 0.15) is 28.4 Å². The van der Waals surface area contributed by atoms with Crippen LogP contribution < -0.4 is 24.3 Å². The van der Waals surface area contributed by atoms with Gasteiger partial charge in [-0.15, -0.1) is 0 Å². The molecule has 1 atom stereocenters. The molecule has 0 bridgehead atoms. The van der Waals surface area contributed by atoms with Crippen LogP contribution in [0.2, 0.25) is 0 Å². The number of aliphatic carboxylic acids is 1. The SMILES string of the molecule is COc1ccc([C@H](CC(=O)O)NC(=O)c2cc(OC)c(OC)c(OC)c2)cc1. The second-order valence-corrected chi connectivity index (χ2v) is 5.81. The molecule has 0 aliphatic carbocycles. The van der Waals surface area contributed by atoms with E-state index in [1.807, 2.05) is 0 Å². The molecule has 0 saturated heterocycles. The van der Waals surface area contributed by atoms with E-state index in [-0.39, 0.29) is 12.0 Å². The lowest BCUT2D eigenvalue weighted by atomic mass is 10.0. The van der Waals surface area contributed by atoms with E-state index in [1.54, 1.807) is 24.3 Å². The second kappa shape index (κ2) is 9.50. The van der Waals surface area contributed by atoms with Crippen molar-refractivity contribution in [3.63, 3.8) is 0 Å². The molecular weight excluding hydrogens is 366 g/mol. The maximum absolute atomic E-state index is 12.8. The van der Waals surface area contributed by atoms with Crippen LogP contribution in [0.25, 0.3) is 0 Å². The molecule has 0 aliphatic rings. The van der Waals surface area contributed by atoms with E-state index in [4.69, 9.17) is 18.9 Å². The van der Waals surface area contributed by atoms with Crippen LogP contribution in [-0.4, -0.2) is 45.4 Å². The summed E-state index contributed by atoms with van der Waals surface area (Å²) in [5, 5.41) is 12.0. The molecule has 0 unspecified atom stereocenters. The minimum atomic E-state index is -1.04. The number of rotatable bonds is 9. The Morgan fingerprint density at radius 3 is 1.93 bits per heavy atom. The first kappa shape index (κ1) is 20.9.